The van der Waals surface area contributed by atoms with E-state index in [0.29, 0.717) is 12.1 Å². The lowest BCUT2D eigenvalue weighted by Gasteiger charge is -2.22. The molecule has 1 aromatic rings. The molecule has 0 radical (unpaired) electrons. The summed E-state index contributed by atoms with van der Waals surface area (Å²) < 4.78 is 0. The van der Waals surface area contributed by atoms with Crippen LogP contribution in [0, 0.1) is 18.3 Å². The number of nitrogens with zero attached hydrogens (tertiary/aromatic N) is 2. The Bertz CT molecular complexity index is 446. The Morgan fingerprint density at radius 1 is 1.50 bits per heavy atom. The fourth-order valence-electron chi connectivity index (χ4n) is 2.23. The summed E-state index contributed by atoms with van der Waals surface area (Å²) in [5.41, 5.74) is 2.32. The van der Waals surface area contributed by atoms with Crippen molar-refractivity contribution in [1.82, 2.24) is 0 Å². The monoisotopic (exact) mass is 216 g/mol. The van der Waals surface area contributed by atoms with E-state index in [0.717, 1.165) is 24.2 Å². The minimum Gasteiger partial charge on any atom is -0.388 e. The van der Waals surface area contributed by atoms with Crippen molar-refractivity contribution in [2.45, 2.75) is 25.9 Å². The Morgan fingerprint density at radius 3 is 2.75 bits per heavy atom. The molecule has 1 atom stereocenters. The van der Waals surface area contributed by atoms with E-state index >= 15 is 0 Å². The normalized spacial score (nSPS) is 24.5. The number of rotatable bonds is 1. The van der Waals surface area contributed by atoms with Crippen molar-refractivity contribution < 1.29 is 5.11 Å². The van der Waals surface area contributed by atoms with Crippen molar-refractivity contribution in [3.8, 4) is 6.07 Å². The Hall–Kier alpha value is -1.53. The predicted octanol–water partition coefficient (Wildman–Crippen LogP) is 1.83. The summed E-state index contributed by atoms with van der Waals surface area (Å²) in [7, 11) is 0. The van der Waals surface area contributed by atoms with Gasteiger partial charge in [-0.3, -0.25) is 0 Å². The van der Waals surface area contributed by atoms with Gasteiger partial charge in [0.05, 0.1) is 17.2 Å². The number of nitriles is 1. The molecular formula is C13H16N2O. The molecule has 2 rings (SSSR count). The van der Waals surface area contributed by atoms with Gasteiger partial charge in [0, 0.05) is 18.8 Å². The van der Waals surface area contributed by atoms with Gasteiger partial charge in [0.15, 0.2) is 0 Å². The Balaban J connectivity index is 2.26. The third-order valence-corrected chi connectivity index (χ3v) is 3.12. The summed E-state index contributed by atoms with van der Waals surface area (Å²) in [6, 6.07) is 7.82. The Morgan fingerprint density at radius 2 is 2.25 bits per heavy atom. The smallest absolute Gasteiger partial charge is 0.0991 e. The third-order valence-electron chi connectivity index (χ3n) is 3.12. The molecule has 1 unspecified atom stereocenters. The molecule has 1 heterocycles. The lowest BCUT2D eigenvalue weighted by molar-refractivity contribution is 0.0839. The highest BCUT2D eigenvalue weighted by Crippen LogP contribution is 2.29. The second-order valence-corrected chi connectivity index (χ2v) is 4.78. The first-order valence-electron chi connectivity index (χ1n) is 5.50. The van der Waals surface area contributed by atoms with Crippen LogP contribution >= 0.6 is 0 Å². The highest BCUT2D eigenvalue weighted by atomic mass is 16.3. The molecule has 1 aromatic carbocycles. The van der Waals surface area contributed by atoms with Crippen LogP contribution in [0.5, 0.6) is 0 Å². The highest BCUT2D eigenvalue weighted by molar-refractivity contribution is 5.57. The van der Waals surface area contributed by atoms with Gasteiger partial charge in [-0.05, 0) is 44.0 Å². The van der Waals surface area contributed by atoms with Gasteiger partial charge < -0.3 is 10.0 Å². The summed E-state index contributed by atoms with van der Waals surface area (Å²) in [6.45, 7) is 5.41. The topological polar surface area (TPSA) is 47.3 Å². The first-order chi connectivity index (χ1) is 7.52. The van der Waals surface area contributed by atoms with E-state index in [-0.39, 0.29) is 0 Å². The van der Waals surface area contributed by atoms with Crippen LogP contribution in [0.2, 0.25) is 0 Å². The van der Waals surface area contributed by atoms with E-state index in [1.807, 2.05) is 32.0 Å². The largest absolute Gasteiger partial charge is 0.388 e. The maximum atomic E-state index is 9.92. The molecule has 0 aromatic heterocycles. The molecule has 0 spiro atoms. The standard InChI is InChI=1S/C13H16N2O/c1-10-7-11(8-14)3-4-12(10)15-6-5-13(2,16)9-15/h3-4,7,16H,5-6,9H2,1-2H3. The predicted molar refractivity (Wildman–Crippen MR) is 63.3 cm³/mol. The summed E-state index contributed by atoms with van der Waals surface area (Å²) in [5, 5.41) is 18.7. The van der Waals surface area contributed by atoms with Gasteiger partial charge in [-0.25, -0.2) is 0 Å². The third kappa shape index (κ3) is 2.02. The van der Waals surface area contributed by atoms with Gasteiger partial charge in [0.2, 0.25) is 0 Å². The number of benzene rings is 1. The van der Waals surface area contributed by atoms with Gasteiger partial charge >= 0.3 is 0 Å². The molecule has 1 aliphatic rings. The minimum atomic E-state index is -0.583. The fourth-order valence-corrected chi connectivity index (χ4v) is 2.23. The average Bonchev–Trinajstić information content (AvgIpc) is 2.58. The van der Waals surface area contributed by atoms with E-state index in [1.54, 1.807) is 0 Å². The summed E-state index contributed by atoms with van der Waals surface area (Å²) in [4.78, 5) is 2.18. The summed E-state index contributed by atoms with van der Waals surface area (Å²) in [5.74, 6) is 0. The quantitative estimate of drug-likeness (QED) is 0.779. The lowest BCUT2D eigenvalue weighted by atomic mass is 10.1. The van der Waals surface area contributed by atoms with E-state index in [4.69, 9.17) is 5.26 Å². The Labute approximate surface area is 95.9 Å². The summed E-state index contributed by atoms with van der Waals surface area (Å²) >= 11 is 0. The zero-order valence-corrected chi connectivity index (χ0v) is 9.70. The second-order valence-electron chi connectivity index (χ2n) is 4.78. The van der Waals surface area contributed by atoms with E-state index in [2.05, 4.69) is 11.0 Å². The van der Waals surface area contributed by atoms with Gasteiger partial charge in [-0.15, -0.1) is 0 Å². The molecule has 1 aliphatic heterocycles. The maximum absolute atomic E-state index is 9.92. The molecule has 16 heavy (non-hydrogen) atoms. The first-order valence-corrected chi connectivity index (χ1v) is 5.50. The van der Waals surface area contributed by atoms with Crippen LogP contribution in [-0.4, -0.2) is 23.8 Å². The van der Waals surface area contributed by atoms with Gasteiger partial charge in [0.1, 0.15) is 0 Å². The molecule has 0 bridgehead atoms. The number of hydrogen-bond donors (Lipinski definition) is 1. The van der Waals surface area contributed by atoms with Crippen LogP contribution in [0.4, 0.5) is 5.69 Å². The summed E-state index contributed by atoms with van der Waals surface area (Å²) in [6.07, 6.45) is 0.798. The van der Waals surface area contributed by atoms with Crippen LogP contribution in [-0.2, 0) is 0 Å². The van der Waals surface area contributed by atoms with E-state index < -0.39 is 5.60 Å². The van der Waals surface area contributed by atoms with Crippen molar-refractivity contribution in [3.63, 3.8) is 0 Å². The molecule has 1 fully saturated rings. The van der Waals surface area contributed by atoms with Crippen LogP contribution in [0.25, 0.3) is 0 Å². The molecular weight excluding hydrogens is 200 g/mol. The van der Waals surface area contributed by atoms with Gasteiger partial charge in [0.25, 0.3) is 0 Å². The van der Waals surface area contributed by atoms with Gasteiger partial charge in [-0.1, -0.05) is 0 Å². The van der Waals surface area contributed by atoms with E-state index in [9.17, 15) is 5.11 Å². The maximum Gasteiger partial charge on any atom is 0.0991 e. The van der Waals surface area contributed by atoms with Crippen molar-refractivity contribution in [2.75, 3.05) is 18.0 Å². The molecule has 0 amide bonds. The fraction of sp³-hybridized carbons (Fsp3) is 0.462. The van der Waals surface area contributed by atoms with Crippen LogP contribution < -0.4 is 4.90 Å². The molecule has 3 nitrogen and oxygen atoms in total. The number of aliphatic hydroxyl groups is 1. The minimum absolute atomic E-state index is 0.583. The van der Waals surface area contributed by atoms with Crippen molar-refractivity contribution >= 4 is 5.69 Å². The lowest BCUT2D eigenvalue weighted by Crippen LogP contribution is -2.29. The molecule has 0 saturated carbocycles. The highest BCUT2D eigenvalue weighted by Gasteiger charge is 2.31. The SMILES string of the molecule is Cc1cc(C#N)ccc1N1CCC(C)(O)C1. The molecule has 84 valence electrons. The number of aryl methyl sites for hydroxylation is 1. The van der Waals surface area contributed by atoms with Crippen LogP contribution in [0.1, 0.15) is 24.5 Å². The van der Waals surface area contributed by atoms with E-state index in [1.165, 1.54) is 0 Å². The molecule has 1 saturated heterocycles. The molecule has 0 aliphatic carbocycles. The van der Waals surface area contributed by atoms with Crippen molar-refractivity contribution in [1.29, 1.82) is 5.26 Å². The number of β-amino-alcohol motifs (C(OH)–C–C–N with tert-alkyl or cyclic N) is 1. The van der Waals surface area contributed by atoms with Crippen molar-refractivity contribution in [3.05, 3.63) is 29.3 Å². The molecule has 1 N–H and O–H groups in total. The number of hydrogen-bond acceptors (Lipinski definition) is 3. The first kappa shape index (κ1) is 11.0. The Kier molecular flexibility index (Phi) is 2.61. The van der Waals surface area contributed by atoms with Crippen LogP contribution in [0.3, 0.4) is 0 Å². The zero-order valence-electron chi connectivity index (χ0n) is 9.70. The molecule has 3 heteroatoms. The zero-order chi connectivity index (χ0) is 11.8. The number of anilines is 1. The second kappa shape index (κ2) is 3.80. The van der Waals surface area contributed by atoms with Crippen molar-refractivity contribution in [2.24, 2.45) is 0 Å². The van der Waals surface area contributed by atoms with Gasteiger partial charge in [-0.2, -0.15) is 5.26 Å². The van der Waals surface area contributed by atoms with Crippen LogP contribution in [0.15, 0.2) is 18.2 Å². The average molecular weight is 216 g/mol.